The van der Waals surface area contributed by atoms with Gasteiger partial charge in [0.1, 0.15) is 11.9 Å². The first kappa shape index (κ1) is 16.9. The molecule has 7 nitrogen and oxygen atoms in total. The molecular formula is C21H21N5O2. The molecule has 7 heteroatoms. The first-order valence-electron chi connectivity index (χ1n) is 9.54. The summed E-state index contributed by atoms with van der Waals surface area (Å²) in [5.41, 5.74) is 5.56. The van der Waals surface area contributed by atoms with Crippen LogP contribution < -0.4 is 5.32 Å². The summed E-state index contributed by atoms with van der Waals surface area (Å²) in [6.45, 7) is 0. The first-order chi connectivity index (χ1) is 13.8. The Hall–Kier alpha value is -3.19. The Balaban J connectivity index is 1.48. The second-order valence-corrected chi connectivity index (χ2v) is 7.29. The van der Waals surface area contributed by atoms with E-state index in [-0.39, 0.29) is 6.10 Å². The molecule has 2 atom stereocenters. The van der Waals surface area contributed by atoms with Crippen LogP contribution >= 0.6 is 0 Å². The van der Waals surface area contributed by atoms with Crippen LogP contribution in [0.25, 0.3) is 28.2 Å². The van der Waals surface area contributed by atoms with Crippen LogP contribution in [0.3, 0.4) is 0 Å². The third-order valence-corrected chi connectivity index (χ3v) is 5.31. The van der Waals surface area contributed by atoms with E-state index in [1.54, 1.807) is 18.7 Å². The molecule has 0 saturated heterocycles. The molecule has 0 amide bonds. The molecule has 0 aromatic carbocycles. The van der Waals surface area contributed by atoms with E-state index < -0.39 is 0 Å². The zero-order chi connectivity index (χ0) is 18.9. The molecule has 4 aromatic heterocycles. The first-order valence-corrected chi connectivity index (χ1v) is 9.54. The van der Waals surface area contributed by atoms with Gasteiger partial charge in [-0.15, -0.1) is 0 Å². The second-order valence-electron chi connectivity index (χ2n) is 7.29. The fourth-order valence-corrected chi connectivity index (χ4v) is 3.89. The zero-order valence-corrected chi connectivity index (χ0v) is 15.3. The maximum atomic E-state index is 9.92. The number of imidazole rings is 1. The molecule has 2 N–H and O–H groups in total. The molecular weight excluding hydrogens is 354 g/mol. The van der Waals surface area contributed by atoms with E-state index in [9.17, 15) is 5.11 Å². The van der Waals surface area contributed by atoms with Gasteiger partial charge in [0.25, 0.3) is 0 Å². The fourth-order valence-electron chi connectivity index (χ4n) is 3.89. The van der Waals surface area contributed by atoms with Gasteiger partial charge in [-0.25, -0.2) is 4.98 Å². The summed E-state index contributed by atoms with van der Waals surface area (Å²) in [7, 11) is 0. The summed E-state index contributed by atoms with van der Waals surface area (Å²) in [6.07, 6.45) is 12.6. The Morgan fingerprint density at radius 2 is 2.07 bits per heavy atom. The van der Waals surface area contributed by atoms with Crippen LogP contribution in [0.15, 0.2) is 59.8 Å². The Kier molecular flexibility index (Phi) is 4.29. The molecule has 1 saturated carbocycles. The van der Waals surface area contributed by atoms with E-state index in [2.05, 4.69) is 31.0 Å². The number of aromatic nitrogens is 4. The van der Waals surface area contributed by atoms with Crippen LogP contribution in [0.1, 0.15) is 25.7 Å². The van der Waals surface area contributed by atoms with Crippen LogP contribution in [0.4, 0.5) is 5.69 Å². The molecule has 5 rings (SSSR count). The van der Waals surface area contributed by atoms with Crippen LogP contribution in [0.2, 0.25) is 0 Å². The quantitative estimate of drug-likeness (QED) is 0.564. The predicted molar refractivity (Wildman–Crippen MR) is 106 cm³/mol. The van der Waals surface area contributed by atoms with Gasteiger partial charge in [0.05, 0.1) is 41.1 Å². The number of pyridine rings is 2. The Labute approximate surface area is 162 Å². The van der Waals surface area contributed by atoms with E-state index in [1.165, 1.54) is 0 Å². The van der Waals surface area contributed by atoms with Gasteiger partial charge in [-0.1, -0.05) is 5.16 Å². The Bertz CT molecular complexity index is 1090. The number of hydrogen-bond acceptors (Lipinski definition) is 6. The Morgan fingerprint density at radius 3 is 2.93 bits per heavy atom. The third-order valence-electron chi connectivity index (χ3n) is 5.31. The average Bonchev–Trinajstić information content (AvgIpc) is 3.38. The summed E-state index contributed by atoms with van der Waals surface area (Å²) < 4.78 is 7.01. The molecule has 1 aliphatic carbocycles. The summed E-state index contributed by atoms with van der Waals surface area (Å²) >= 11 is 0. The normalized spacial score (nSPS) is 19.8. The van der Waals surface area contributed by atoms with Gasteiger partial charge in [0.15, 0.2) is 0 Å². The van der Waals surface area contributed by atoms with Crippen molar-refractivity contribution in [2.24, 2.45) is 0 Å². The minimum absolute atomic E-state index is 0.202. The van der Waals surface area contributed by atoms with Gasteiger partial charge in [-0.2, -0.15) is 0 Å². The molecule has 28 heavy (non-hydrogen) atoms. The van der Waals surface area contributed by atoms with Gasteiger partial charge in [0.2, 0.25) is 0 Å². The molecule has 4 heterocycles. The van der Waals surface area contributed by atoms with Crippen molar-refractivity contribution in [2.45, 2.75) is 37.8 Å². The van der Waals surface area contributed by atoms with Crippen molar-refractivity contribution in [3.05, 3.63) is 55.3 Å². The van der Waals surface area contributed by atoms with Gasteiger partial charge < -0.3 is 14.9 Å². The molecule has 142 valence electrons. The highest BCUT2D eigenvalue weighted by atomic mass is 16.5. The van der Waals surface area contributed by atoms with Crippen LogP contribution in [0.5, 0.6) is 0 Å². The lowest BCUT2D eigenvalue weighted by Gasteiger charge is -2.27. The number of aliphatic hydroxyl groups is 1. The highest BCUT2D eigenvalue weighted by molar-refractivity contribution is 5.70. The monoisotopic (exact) mass is 375 g/mol. The highest BCUT2D eigenvalue weighted by Gasteiger charge is 2.20. The number of anilines is 1. The van der Waals surface area contributed by atoms with Crippen molar-refractivity contribution in [3.8, 4) is 22.5 Å². The maximum absolute atomic E-state index is 9.92. The molecule has 1 fully saturated rings. The zero-order valence-electron chi connectivity index (χ0n) is 15.3. The number of nitrogens with zero attached hydrogens (tertiary/aromatic N) is 4. The smallest absolute Gasteiger partial charge is 0.137 e. The van der Waals surface area contributed by atoms with E-state index in [1.807, 2.05) is 30.5 Å². The van der Waals surface area contributed by atoms with Crippen LogP contribution in [0, 0.1) is 0 Å². The second kappa shape index (κ2) is 7.09. The number of rotatable bonds is 4. The molecule has 0 bridgehead atoms. The molecule has 0 aliphatic heterocycles. The molecule has 4 aromatic rings. The summed E-state index contributed by atoms with van der Waals surface area (Å²) in [5.74, 6) is 0. The topological polar surface area (TPSA) is 88.5 Å². The minimum atomic E-state index is -0.202. The van der Waals surface area contributed by atoms with Crippen LogP contribution in [-0.2, 0) is 0 Å². The summed E-state index contributed by atoms with van der Waals surface area (Å²) in [5, 5.41) is 17.2. The predicted octanol–water partition coefficient (Wildman–Crippen LogP) is 3.77. The lowest BCUT2D eigenvalue weighted by molar-refractivity contribution is 0.124. The van der Waals surface area contributed by atoms with Crippen molar-refractivity contribution < 1.29 is 9.63 Å². The van der Waals surface area contributed by atoms with Gasteiger partial charge in [-0.05, 0) is 49.9 Å². The van der Waals surface area contributed by atoms with Gasteiger partial charge in [0, 0.05) is 24.0 Å². The van der Waals surface area contributed by atoms with E-state index in [4.69, 9.17) is 4.52 Å². The van der Waals surface area contributed by atoms with E-state index in [0.717, 1.165) is 59.5 Å². The van der Waals surface area contributed by atoms with Crippen molar-refractivity contribution in [3.63, 3.8) is 0 Å². The molecule has 1 aliphatic rings. The fraction of sp³-hybridized carbons (Fsp3) is 0.286. The van der Waals surface area contributed by atoms with Crippen molar-refractivity contribution >= 4 is 11.3 Å². The Morgan fingerprint density at radius 1 is 1.11 bits per heavy atom. The standard InChI is InChI=1S/C21H21N5O2/c27-18-3-1-2-16(9-18)25-17-4-5-21-23-11-20(26(21)12-17)14-6-7-22-19(8-14)15-10-24-28-13-15/h4-8,10-13,16,18,25,27H,1-3,9H2. The summed E-state index contributed by atoms with van der Waals surface area (Å²) in [4.78, 5) is 8.94. The lowest BCUT2D eigenvalue weighted by Crippen LogP contribution is -2.29. The van der Waals surface area contributed by atoms with Crippen molar-refractivity contribution in [1.29, 1.82) is 0 Å². The lowest BCUT2D eigenvalue weighted by atomic mass is 9.93. The SMILES string of the molecule is OC1CCCC(Nc2ccc3ncc(-c4ccnc(-c5cnoc5)c4)n3c2)C1. The maximum Gasteiger partial charge on any atom is 0.137 e. The minimum Gasteiger partial charge on any atom is -0.393 e. The average molecular weight is 375 g/mol. The largest absolute Gasteiger partial charge is 0.393 e. The van der Waals surface area contributed by atoms with Gasteiger partial charge >= 0.3 is 0 Å². The summed E-state index contributed by atoms with van der Waals surface area (Å²) in [6, 6.07) is 8.33. The van der Waals surface area contributed by atoms with Gasteiger partial charge in [-0.3, -0.25) is 9.38 Å². The van der Waals surface area contributed by atoms with Crippen molar-refractivity contribution in [1.82, 2.24) is 19.5 Å². The molecule has 2 unspecified atom stereocenters. The van der Waals surface area contributed by atoms with E-state index >= 15 is 0 Å². The number of nitrogens with one attached hydrogen (secondary N) is 1. The van der Waals surface area contributed by atoms with Crippen molar-refractivity contribution in [2.75, 3.05) is 5.32 Å². The third kappa shape index (κ3) is 3.25. The van der Waals surface area contributed by atoms with E-state index in [0.29, 0.717) is 6.04 Å². The highest BCUT2D eigenvalue weighted by Crippen LogP contribution is 2.27. The number of aliphatic hydroxyl groups excluding tert-OH is 1. The molecule has 0 radical (unpaired) electrons. The molecule has 0 spiro atoms. The number of hydrogen-bond donors (Lipinski definition) is 2. The number of fused-ring (bicyclic) bond motifs is 1. The van der Waals surface area contributed by atoms with Crippen LogP contribution in [-0.4, -0.2) is 36.8 Å².